The summed E-state index contributed by atoms with van der Waals surface area (Å²) in [5, 5.41) is 1.03. The normalized spacial score (nSPS) is 14.9. The molecule has 6 heteroatoms. The van der Waals surface area contributed by atoms with Gasteiger partial charge < -0.3 is 14.6 Å². The second-order valence-corrected chi connectivity index (χ2v) is 6.98. The highest BCUT2D eigenvalue weighted by molar-refractivity contribution is 5.98. The molecule has 2 heterocycles. The number of aromatic nitrogens is 1. The summed E-state index contributed by atoms with van der Waals surface area (Å²) in [6.45, 7) is 3.05. The first kappa shape index (κ1) is 18.3. The molecule has 144 valence electrons. The van der Waals surface area contributed by atoms with Gasteiger partial charge in [0.05, 0.1) is 6.54 Å². The molecular formula is C22H23N3O3. The van der Waals surface area contributed by atoms with Crippen molar-refractivity contribution in [2.24, 2.45) is 0 Å². The smallest absolute Gasteiger partial charge is 0.320 e. The van der Waals surface area contributed by atoms with Crippen LogP contribution in [0.4, 0.5) is 0 Å². The molecule has 0 unspecified atom stereocenters. The molecule has 6 nitrogen and oxygen atoms in total. The number of H-pyrrole nitrogens is 1. The van der Waals surface area contributed by atoms with Gasteiger partial charge in [-0.15, -0.1) is 0 Å². The van der Waals surface area contributed by atoms with Gasteiger partial charge in [0, 0.05) is 37.1 Å². The van der Waals surface area contributed by atoms with E-state index >= 15 is 0 Å². The number of fused-ring (bicyclic) bond motifs is 1. The van der Waals surface area contributed by atoms with Gasteiger partial charge in [-0.3, -0.25) is 14.5 Å². The summed E-state index contributed by atoms with van der Waals surface area (Å²) in [4.78, 5) is 31.9. The molecule has 0 atom stereocenters. The molecule has 1 saturated heterocycles. The molecule has 1 N–H and O–H groups in total. The zero-order valence-corrected chi connectivity index (χ0v) is 15.6. The Morgan fingerprint density at radius 3 is 2.39 bits per heavy atom. The minimum Gasteiger partial charge on any atom is -0.460 e. The Kier molecular flexibility index (Phi) is 5.39. The van der Waals surface area contributed by atoms with E-state index in [2.05, 4.69) is 4.98 Å². The molecule has 1 aliphatic heterocycles. The predicted molar refractivity (Wildman–Crippen MR) is 107 cm³/mol. The number of nitrogens with zero attached hydrogens (tertiary/aromatic N) is 2. The van der Waals surface area contributed by atoms with Crippen LogP contribution in [0.25, 0.3) is 10.9 Å². The second-order valence-electron chi connectivity index (χ2n) is 6.98. The lowest BCUT2D eigenvalue weighted by atomic mass is 10.2. The Bertz CT molecular complexity index is 926. The van der Waals surface area contributed by atoms with E-state index in [1.807, 2.05) is 70.5 Å². The van der Waals surface area contributed by atoms with Crippen LogP contribution in [0.1, 0.15) is 16.1 Å². The summed E-state index contributed by atoms with van der Waals surface area (Å²) in [6.07, 6.45) is 0. The van der Waals surface area contributed by atoms with Crippen LogP contribution in [0.15, 0.2) is 60.7 Å². The summed E-state index contributed by atoms with van der Waals surface area (Å²) >= 11 is 0. The van der Waals surface area contributed by atoms with E-state index < -0.39 is 0 Å². The van der Waals surface area contributed by atoms with Crippen LogP contribution in [0.2, 0.25) is 0 Å². The van der Waals surface area contributed by atoms with E-state index in [4.69, 9.17) is 4.74 Å². The minimum absolute atomic E-state index is 0.00232. The molecule has 0 bridgehead atoms. The Morgan fingerprint density at radius 1 is 0.929 bits per heavy atom. The monoisotopic (exact) mass is 377 g/mol. The molecule has 1 fully saturated rings. The largest absolute Gasteiger partial charge is 0.460 e. The van der Waals surface area contributed by atoms with Crippen LogP contribution in [-0.2, 0) is 16.1 Å². The maximum atomic E-state index is 12.7. The lowest BCUT2D eigenvalue weighted by Gasteiger charge is -2.33. The highest BCUT2D eigenvalue weighted by Gasteiger charge is 2.24. The molecule has 0 saturated carbocycles. The van der Waals surface area contributed by atoms with Crippen molar-refractivity contribution < 1.29 is 14.3 Å². The van der Waals surface area contributed by atoms with Crippen molar-refractivity contribution in [1.82, 2.24) is 14.8 Å². The lowest BCUT2D eigenvalue weighted by molar-refractivity contribution is -0.146. The van der Waals surface area contributed by atoms with Crippen molar-refractivity contribution in [1.29, 1.82) is 0 Å². The third kappa shape index (κ3) is 4.23. The molecular weight excluding hydrogens is 354 g/mol. The topological polar surface area (TPSA) is 65.6 Å². The maximum Gasteiger partial charge on any atom is 0.320 e. The number of amides is 1. The Hall–Kier alpha value is -3.12. The molecule has 0 radical (unpaired) electrons. The summed E-state index contributed by atoms with van der Waals surface area (Å²) in [7, 11) is 0. The quantitative estimate of drug-likeness (QED) is 0.695. The lowest BCUT2D eigenvalue weighted by Crippen LogP contribution is -2.50. The molecule has 1 aromatic heterocycles. The number of para-hydroxylation sites is 1. The fourth-order valence-corrected chi connectivity index (χ4v) is 3.43. The number of esters is 1. The fraction of sp³-hybridized carbons (Fsp3) is 0.273. The van der Waals surface area contributed by atoms with E-state index in [1.54, 1.807) is 0 Å². The number of ether oxygens (including phenoxy) is 1. The number of carbonyl (C=O) groups is 2. The third-order valence-electron chi connectivity index (χ3n) is 5.02. The van der Waals surface area contributed by atoms with Crippen molar-refractivity contribution in [3.63, 3.8) is 0 Å². The highest BCUT2D eigenvalue weighted by Crippen LogP contribution is 2.17. The van der Waals surface area contributed by atoms with Crippen molar-refractivity contribution in [3.8, 4) is 0 Å². The van der Waals surface area contributed by atoms with Crippen molar-refractivity contribution in [2.75, 3.05) is 32.7 Å². The summed E-state index contributed by atoms with van der Waals surface area (Å²) < 4.78 is 5.34. The molecule has 3 aromatic rings. The average Bonchev–Trinajstić information content (AvgIpc) is 3.17. The van der Waals surface area contributed by atoms with Gasteiger partial charge in [0.25, 0.3) is 5.91 Å². The number of nitrogens with one attached hydrogen (secondary N) is 1. The predicted octanol–water partition coefficient (Wildman–Crippen LogP) is 2.67. The molecule has 0 spiro atoms. The summed E-state index contributed by atoms with van der Waals surface area (Å²) in [6, 6.07) is 19.4. The van der Waals surface area contributed by atoms with E-state index in [-0.39, 0.29) is 18.4 Å². The number of rotatable bonds is 5. The first-order valence-electron chi connectivity index (χ1n) is 9.48. The third-order valence-corrected chi connectivity index (χ3v) is 5.02. The number of carbonyl (C=O) groups excluding carboxylic acids is 2. The van der Waals surface area contributed by atoms with Gasteiger partial charge in [-0.1, -0.05) is 48.5 Å². The number of aromatic amines is 1. The first-order chi connectivity index (χ1) is 13.7. The van der Waals surface area contributed by atoms with Gasteiger partial charge in [-0.25, -0.2) is 0 Å². The number of piperazine rings is 1. The molecule has 0 aliphatic carbocycles. The van der Waals surface area contributed by atoms with E-state index in [9.17, 15) is 9.59 Å². The Morgan fingerprint density at radius 2 is 1.64 bits per heavy atom. The van der Waals surface area contributed by atoms with Crippen molar-refractivity contribution >= 4 is 22.8 Å². The Balaban J connectivity index is 1.26. The molecule has 28 heavy (non-hydrogen) atoms. The standard InChI is InChI=1S/C22H23N3O3/c26-21(28-16-17-6-2-1-3-7-17)15-24-10-12-25(13-11-24)22(27)20-14-18-8-4-5-9-19(18)23-20/h1-9,14,23H,10-13,15-16H2. The SMILES string of the molecule is O=C(CN1CCN(C(=O)c2cc3ccccc3[nH]2)CC1)OCc1ccccc1. The van der Waals surface area contributed by atoms with Crippen LogP contribution in [-0.4, -0.2) is 59.4 Å². The van der Waals surface area contributed by atoms with Gasteiger partial charge in [0.15, 0.2) is 0 Å². The minimum atomic E-state index is -0.237. The van der Waals surface area contributed by atoms with Gasteiger partial charge >= 0.3 is 5.97 Å². The van der Waals surface area contributed by atoms with E-state index in [1.165, 1.54) is 0 Å². The van der Waals surface area contributed by atoms with Gasteiger partial charge in [-0.2, -0.15) is 0 Å². The van der Waals surface area contributed by atoms with Crippen LogP contribution in [0.5, 0.6) is 0 Å². The molecule has 1 amide bonds. The second kappa shape index (κ2) is 8.27. The first-order valence-corrected chi connectivity index (χ1v) is 9.48. The summed E-state index contributed by atoms with van der Waals surface area (Å²) in [5.74, 6) is -0.234. The maximum absolute atomic E-state index is 12.7. The number of hydrogen-bond acceptors (Lipinski definition) is 4. The number of benzene rings is 2. The zero-order valence-electron chi connectivity index (χ0n) is 15.6. The van der Waals surface area contributed by atoms with E-state index in [0.717, 1.165) is 16.5 Å². The van der Waals surface area contributed by atoms with Crippen LogP contribution >= 0.6 is 0 Å². The average molecular weight is 377 g/mol. The van der Waals surface area contributed by atoms with E-state index in [0.29, 0.717) is 38.5 Å². The van der Waals surface area contributed by atoms with Crippen molar-refractivity contribution in [3.05, 3.63) is 71.9 Å². The van der Waals surface area contributed by atoms with Gasteiger partial charge in [0.2, 0.25) is 0 Å². The van der Waals surface area contributed by atoms with Crippen LogP contribution in [0.3, 0.4) is 0 Å². The molecule has 1 aliphatic rings. The fourth-order valence-electron chi connectivity index (χ4n) is 3.43. The van der Waals surface area contributed by atoms with Crippen LogP contribution < -0.4 is 0 Å². The number of hydrogen-bond donors (Lipinski definition) is 1. The zero-order chi connectivity index (χ0) is 19.3. The summed E-state index contributed by atoms with van der Waals surface area (Å²) in [5.41, 5.74) is 2.55. The van der Waals surface area contributed by atoms with Crippen LogP contribution in [0, 0.1) is 0 Å². The van der Waals surface area contributed by atoms with Gasteiger partial charge in [0.1, 0.15) is 12.3 Å². The Labute approximate surface area is 163 Å². The molecule has 4 rings (SSSR count). The van der Waals surface area contributed by atoms with Gasteiger partial charge in [-0.05, 0) is 17.7 Å². The molecule has 2 aromatic carbocycles. The highest BCUT2D eigenvalue weighted by atomic mass is 16.5. The van der Waals surface area contributed by atoms with Crippen molar-refractivity contribution in [2.45, 2.75) is 6.61 Å².